The number of nitrogens with zero attached hydrogens (tertiary/aromatic N) is 2. The van der Waals surface area contributed by atoms with Gasteiger partial charge in [-0.2, -0.15) is 5.10 Å². The molecule has 1 spiro atoms. The van der Waals surface area contributed by atoms with Gasteiger partial charge in [-0.1, -0.05) is 36.2 Å². The second kappa shape index (κ2) is 6.13. The van der Waals surface area contributed by atoms with Crippen molar-refractivity contribution in [3.8, 4) is 0 Å². The van der Waals surface area contributed by atoms with Crippen LogP contribution in [0.3, 0.4) is 0 Å². The minimum atomic E-state index is -0.800. The zero-order valence-corrected chi connectivity index (χ0v) is 14.2. The third-order valence-electron chi connectivity index (χ3n) is 4.57. The lowest BCUT2D eigenvalue weighted by Gasteiger charge is -2.33. The topological polar surface area (TPSA) is 61.8 Å². The van der Waals surface area contributed by atoms with Crippen LogP contribution in [-0.2, 0) is 4.79 Å². The quantitative estimate of drug-likeness (QED) is 0.648. The normalized spacial score (nSPS) is 28.0. The Hall–Kier alpha value is -1.59. The molecule has 0 atom stereocenters. The molecule has 23 heavy (non-hydrogen) atoms. The van der Waals surface area contributed by atoms with E-state index >= 15 is 0 Å². The summed E-state index contributed by atoms with van der Waals surface area (Å²) in [6.45, 7) is 2.16. The maximum absolute atomic E-state index is 12.7. The summed E-state index contributed by atoms with van der Waals surface area (Å²) in [6, 6.07) is 4.56. The molecule has 0 aromatic heterocycles. The number of hydrazone groups is 1. The van der Waals surface area contributed by atoms with Crippen LogP contribution < -0.4 is 5.32 Å². The Labute approximate surface area is 144 Å². The van der Waals surface area contributed by atoms with Gasteiger partial charge in [0.05, 0.1) is 16.3 Å². The van der Waals surface area contributed by atoms with Gasteiger partial charge < -0.3 is 5.32 Å². The molecule has 1 aliphatic heterocycles. The highest BCUT2D eigenvalue weighted by molar-refractivity contribution is 6.38. The number of benzene rings is 1. The summed E-state index contributed by atoms with van der Waals surface area (Å²) in [6.07, 6.45) is 4.49. The molecule has 2 aliphatic rings. The summed E-state index contributed by atoms with van der Waals surface area (Å²) in [5.74, 6) is 0.277. The van der Waals surface area contributed by atoms with Crippen LogP contribution in [0, 0.1) is 5.92 Å². The van der Waals surface area contributed by atoms with E-state index in [1.807, 2.05) is 0 Å². The molecule has 2 fully saturated rings. The molecule has 5 nitrogen and oxygen atoms in total. The second-order valence-corrected chi connectivity index (χ2v) is 7.01. The van der Waals surface area contributed by atoms with Crippen LogP contribution in [0.2, 0.25) is 10.0 Å². The lowest BCUT2D eigenvalue weighted by atomic mass is 9.77. The van der Waals surface area contributed by atoms with Crippen LogP contribution in [0.5, 0.6) is 0 Å². The molecular weight excluding hydrogens is 337 g/mol. The Morgan fingerprint density at radius 3 is 2.48 bits per heavy atom. The van der Waals surface area contributed by atoms with E-state index in [9.17, 15) is 9.59 Å². The van der Waals surface area contributed by atoms with E-state index in [0.29, 0.717) is 34.4 Å². The fourth-order valence-electron chi connectivity index (χ4n) is 3.05. The van der Waals surface area contributed by atoms with Crippen LogP contribution in [0.25, 0.3) is 0 Å². The maximum atomic E-state index is 12.7. The first-order valence-electron chi connectivity index (χ1n) is 7.58. The number of hydrogen-bond acceptors (Lipinski definition) is 3. The third kappa shape index (κ3) is 2.95. The maximum Gasteiger partial charge on any atom is 0.346 e. The number of imide groups is 1. The second-order valence-electron chi connectivity index (χ2n) is 6.19. The number of carbonyl (C=O) groups is 2. The van der Waals surface area contributed by atoms with Gasteiger partial charge in [0.25, 0.3) is 5.91 Å². The molecule has 3 amide bonds. The monoisotopic (exact) mass is 353 g/mol. The van der Waals surface area contributed by atoms with Gasteiger partial charge in [0, 0.05) is 5.56 Å². The lowest BCUT2D eigenvalue weighted by Crippen LogP contribution is -2.49. The molecule has 1 aromatic rings. The van der Waals surface area contributed by atoms with Crippen molar-refractivity contribution in [2.75, 3.05) is 0 Å². The van der Waals surface area contributed by atoms with Crippen LogP contribution >= 0.6 is 23.2 Å². The van der Waals surface area contributed by atoms with Gasteiger partial charge in [-0.3, -0.25) is 4.79 Å². The predicted molar refractivity (Wildman–Crippen MR) is 89.8 cm³/mol. The van der Waals surface area contributed by atoms with E-state index in [0.717, 1.165) is 17.9 Å². The van der Waals surface area contributed by atoms with Crippen molar-refractivity contribution in [1.29, 1.82) is 0 Å². The minimum Gasteiger partial charge on any atom is -0.321 e. The Kier molecular flexibility index (Phi) is 4.34. The van der Waals surface area contributed by atoms with E-state index in [2.05, 4.69) is 17.3 Å². The van der Waals surface area contributed by atoms with Gasteiger partial charge in [0.1, 0.15) is 5.54 Å². The first-order valence-corrected chi connectivity index (χ1v) is 8.33. The SMILES string of the molecule is CC1CCC2(CC1)NC(=O)N(N=Cc1c(Cl)cccc1Cl)C2=O. The van der Waals surface area contributed by atoms with Gasteiger partial charge in [0.2, 0.25) is 0 Å². The fourth-order valence-corrected chi connectivity index (χ4v) is 3.55. The summed E-state index contributed by atoms with van der Waals surface area (Å²) in [5.41, 5.74) is -0.319. The molecule has 1 aliphatic carbocycles. The molecule has 122 valence electrons. The van der Waals surface area contributed by atoms with E-state index < -0.39 is 11.6 Å². The Balaban J connectivity index is 1.82. The average molecular weight is 354 g/mol. The highest BCUT2D eigenvalue weighted by atomic mass is 35.5. The van der Waals surface area contributed by atoms with E-state index in [1.54, 1.807) is 18.2 Å². The van der Waals surface area contributed by atoms with Crippen molar-refractivity contribution >= 4 is 41.4 Å². The molecule has 1 aromatic carbocycles. The molecule has 1 heterocycles. The van der Waals surface area contributed by atoms with Crippen molar-refractivity contribution in [3.63, 3.8) is 0 Å². The smallest absolute Gasteiger partial charge is 0.321 e. The molecular formula is C16H17Cl2N3O2. The summed E-state index contributed by atoms with van der Waals surface area (Å²) in [7, 11) is 0. The Bertz CT molecular complexity index is 662. The summed E-state index contributed by atoms with van der Waals surface area (Å²) in [5, 5.41) is 8.54. The molecule has 0 bridgehead atoms. The number of rotatable bonds is 2. The molecule has 1 saturated heterocycles. The highest BCUT2D eigenvalue weighted by Gasteiger charge is 2.52. The minimum absolute atomic E-state index is 0.297. The van der Waals surface area contributed by atoms with Gasteiger partial charge in [-0.25, -0.2) is 4.79 Å². The molecule has 1 N–H and O–H groups in total. The predicted octanol–water partition coefficient (Wildman–Crippen LogP) is 3.83. The highest BCUT2D eigenvalue weighted by Crippen LogP contribution is 2.36. The third-order valence-corrected chi connectivity index (χ3v) is 5.23. The zero-order chi connectivity index (χ0) is 16.6. The molecule has 1 saturated carbocycles. The Morgan fingerprint density at radius 1 is 1.26 bits per heavy atom. The van der Waals surface area contributed by atoms with E-state index in [-0.39, 0.29) is 5.91 Å². The van der Waals surface area contributed by atoms with Crippen LogP contribution in [-0.4, -0.2) is 28.7 Å². The van der Waals surface area contributed by atoms with Crippen molar-refractivity contribution in [1.82, 2.24) is 10.3 Å². The van der Waals surface area contributed by atoms with E-state index in [1.165, 1.54) is 6.21 Å². The van der Waals surface area contributed by atoms with Gasteiger partial charge in [-0.05, 0) is 43.7 Å². The van der Waals surface area contributed by atoms with Crippen molar-refractivity contribution in [2.24, 2.45) is 11.0 Å². The summed E-state index contributed by atoms with van der Waals surface area (Å²) < 4.78 is 0. The van der Waals surface area contributed by atoms with Crippen molar-refractivity contribution < 1.29 is 9.59 Å². The van der Waals surface area contributed by atoms with Gasteiger partial charge in [0.15, 0.2) is 0 Å². The van der Waals surface area contributed by atoms with Crippen LogP contribution in [0.4, 0.5) is 4.79 Å². The molecule has 3 rings (SSSR count). The molecule has 0 radical (unpaired) electrons. The number of nitrogens with one attached hydrogen (secondary N) is 1. The molecule has 0 unspecified atom stereocenters. The summed E-state index contributed by atoms with van der Waals surface area (Å²) in [4.78, 5) is 24.8. The summed E-state index contributed by atoms with van der Waals surface area (Å²) >= 11 is 12.1. The average Bonchev–Trinajstić information content (AvgIpc) is 2.74. The van der Waals surface area contributed by atoms with Crippen LogP contribution in [0.15, 0.2) is 23.3 Å². The standard InChI is InChI=1S/C16H17Cl2N3O2/c1-10-5-7-16(8-6-10)14(22)21(15(23)20-16)19-9-11-12(17)3-2-4-13(11)18/h2-4,9-10H,5-8H2,1H3,(H,20,23). The number of halogens is 2. The lowest BCUT2D eigenvalue weighted by molar-refractivity contribution is -0.132. The first-order chi connectivity index (χ1) is 10.9. The fraction of sp³-hybridized carbons (Fsp3) is 0.438. The zero-order valence-electron chi connectivity index (χ0n) is 12.7. The largest absolute Gasteiger partial charge is 0.346 e. The van der Waals surface area contributed by atoms with Crippen molar-refractivity contribution in [3.05, 3.63) is 33.8 Å². The van der Waals surface area contributed by atoms with Crippen molar-refractivity contribution in [2.45, 2.75) is 38.1 Å². The number of carbonyl (C=O) groups excluding carboxylic acids is 2. The van der Waals surface area contributed by atoms with E-state index in [4.69, 9.17) is 23.2 Å². The number of urea groups is 1. The number of amides is 3. The number of hydrogen-bond donors (Lipinski definition) is 1. The van der Waals surface area contributed by atoms with Gasteiger partial charge >= 0.3 is 6.03 Å². The van der Waals surface area contributed by atoms with Crippen LogP contribution in [0.1, 0.15) is 38.2 Å². The Morgan fingerprint density at radius 2 is 1.87 bits per heavy atom. The molecule has 7 heteroatoms. The first kappa shape index (κ1) is 16.3. The van der Waals surface area contributed by atoms with Gasteiger partial charge in [-0.15, -0.1) is 5.01 Å².